The number of amides is 1. The van der Waals surface area contributed by atoms with Gasteiger partial charge in [-0.05, 0) is 43.9 Å². The Bertz CT molecular complexity index is 808. The summed E-state index contributed by atoms with van der Waals surface area (Å²) in [5.74, 6) is 0.143. The number of nitrogens with one attached hydrogen (secondary N) is 1. The molecular formula is C18H22FN3O3S. The van der Waals surface area contributed by atoms with Crippen LogP contribution in [-0.4, -0.2) is 47.2 Å². The van der Waals surface area contributed by atoms with E-state index in [9.17, 15) is 14.0 Å². The lowest BCUT2D eigenvalue weighted by Gasteiger charge is -2.17. The number of ether oxygens (including phenoxy) is 1. The first-order valence-electron chi connectivity index (χ1n) is 8.17. The Morgan fingerprint density at radius 3 is 2.65 bits per heavy atom. The molecule has 0 aliphatic heterocycles. The number of benzene rings is 1. The third-order valence-corrected chi connectivity index (χ3v) is 4.50. The molecule has 0 radical (unpaired) electrons. The number of aromatic nitrogens is 2. The molecule has 140 valence electrons. The SMILES string of the molecule is CSc1nc(C)c(CCC(=O)N(C)CCOc2ccc(F)cc2)c(=O)[nH]1. The summed E-state index contributed by atoms with van der Waals surface area (Å²) in [7, 11) is 1.68. The quantitative estimate of drug-likeness (QED) is 0.563. The molecule has 0 aliphatic carbocycles. The van der Waals surface area contributed by atoms with E-state index in [0.29, 0.717) is 41.7 Å². The topological polar surface area (TPSA) is 75.3 Å². The monoisotopic (exact) mass is 379 g/mol. The molecule has 0 unspecified atom stereocenters. The van der Waals surface area contributed by atoms with Crippen LogP contribution in [0.2, 0.25) is 0 Å². The van der Waals surface area contributed by atoms with Crippen molar-refractivity contribution in [3.05, 3.63) is 51.7 Å². The van der Waals surface area contributed by atoms with Crippen LogP contribution in [0.3, 0.4) is 0 Å². The molecule has 0 saturated carbocycles. The van der Waals surface area contributed by atoms with E-state index in [2.05, 4.69) is 9.97 Å². The highest BCUT2D eigenvalue weighted by Gasteiger charge is 2.13. The van der Waals surface area contributed by atoms with E-state index in [1.165, 1.54) is 36.0 Å². The Balaban J connectivity index is 1.82. The zero-order valence-corrected chi connectivity index (χ0v) is 15.9. The Kier molecular flexibility index (Phi) is 7.20. The van der Waals surface area contributed by atoms with Crippen molar-refractivity contribution < 1.29 is 13.9 Å². The Labute approximate surface area is 155 Å². The number of thioether (sulfide) groups is 1. The minimum Gasteiger partial charge on any atom is -0.492 e. The smallest absolute Gasteiger partial charge is 0.254 e. The number of rotatable bonds is 8. The maximum absolute atomic E-state index is 12.8. The standard InChI is InChI=1S/C18H22FN3O3S/c1-12-15(17(24)21-18(20-12)26-3)8-9-16(23)22(2)10-11-25-14-6-4-13(19)5-7-14/h4-7H,8-11H2,1-3H3,(H,20,21,24). The Morgan fingerprint density at radius 1 is 1.35 bits per heavy atom. The Morgan fingerprint density at radius 2 is 2.04 bits per heavy atom. The van der Waals surface area contributed by atoms with Crippen LogP contribution in [0, 0.1) is 12.7 Å². The van der Waals surface area contributed by atoms with Crippen LogP contribution in [0.15, 0.2) is 34.2 Å². The highest BCUT2D eigenvalue weighted by molar-refractivity contribution is 7.98. The van der Waals surface area contributed by atoms with Gasteiger partial charge in [0.15, 0.2) is 5.16 Å². The van der Waals surface area contributed by atoms with Gasteiger partial charge in [-0.3, -0.25) is 9.59 Å². The van der Waals surface area contributed by atoms with Crippen LogP contribution in [0.25, 0.3) is 0 Å². The molecule has 8 heteroatoms. The fourth-order valence-electron chi connectivity index (χ4n) is 2.35. The lowest BCUT2D eigenvalue weighted by atomic mass is 10.1. The molecule has 0 fully saturated rings. The minimum absolute atomic E-state index is 0.0829. The van der Waals surface area contributed by atoms with Crippen molar-refractivity contribution in [2.45, 2.75) is 24.9 Å². The molecule has 0 aliphatic rings. The molecule has 1 amide bonds. The normalized spacial score (nSPS) is 10.6. The number of carbonyl (C=O) groups is 1. The maximum atomic E-state index is 12.8. The molecule has 2 rings (SSSR count). The van der Waals surface area contributed by atoms with Gasteiger partial charge in [-0.1, -0.05) is 11.8 Å². The molecule has 6 nitrogen and oxygen atoms in total. The van der Waals surface area contributed by atoms with Gasteiger partial charge in [0.2, 0.25) is 5.91 Å². The summed E-state index contributed by atoms with van der Waals surface area (Å²) >= 11 is 1.37. The zero-order valence-electron chi connectivity index (χ0n) is 15.0. The van der Waals surface area contributed by atoms with Crippen molar-refractivity contribution in [2.75, 3.05) is 26.5 Å². The Hall–Kier alpha value is -2.35. The van der Waals surface area contributed by atoms with Crippen LogP contribution in [0.5, 0.6) is 5.75 Å². The number of likely N-dealkylation sites (N-methyl/N-ethyl adjacent to an activating group) is 1. The van der Waals surface area contributed by atoms with E-state index in [4.69, 9.17) is 4.74 Å². The maximum Gasteiger partial charge on any atom is 0.254 e. The first-order valence-corrected chi connectivity index (χ1v) is 9.39. The van der Waals surface area contributed by atoms with E-state index < -0.39 is 0 Å². The molecule has 26 heavy (non-hydrogen) atoms. The third-order valence-electron chi connectivity index (χ3n) is 3.92. The second-order valence-corrected chi connectivity index (χ2v) is 6.55. The number of aryl methyl sites for hydroxylation is 1. The van der Waals surface area contributed by atoms with E-state index in [1.54, 1.807) is 18.9 Å². The average molecular weight is 379 g/mol. The number of halogens is 1. The van der Waals surface area contributed by atoms with Crippen LogP contribution >= 0.6 is 11.8 Å². The predicted octanol–water partition coefficient (Wildman–Crippen LogP) is 2.41. The van der Waals surface area contributed by atoms with Gasteiger partial charge >= 0.3 is 0 Å². The predicted molar refractivity (Wildman–Crippen MR) is 99.2 cm³/mol. The van der Waals surface area contributed by atoms with Gasteiger partial charge in [-0.15, -0.1) is 0 Å². The van der Waals surface area contributed by atoms with Crippen molar-refractivity contribution in [3.63, 3.8) is 0 Å². The van der Waals surface area contributed by atoms with Crippen molar-refractivity contribution >= 4 is 17.7 Å². The van der Waals surface area contributed by atoms with E-state index in [0.717, 1.165) is 0 Å². The molecule has 2 aromatic rings. The summed E-state index contributed by atoms with van der Waals surface area (Å²) in [6, 6.07) is 5.72. The highest BCUT2D eigenvalue weighted by atomic mass is 32.2. The van der Waals surface area contributed by atoms with E-state index in [1.807, 2.05) is 6.26 Å². The van der Waals surface area contributed by atoms with Gasteiger partial charge in [0.05, 0.1) is 6.54 Å². The van der Waals surface area contributed by atoms with E-state index >= 15 is 0 Å². The number of H-pyrrole nitrogens is 1. The van der Waals surface area contributed by atoms with Crippen molar-refractivity contribution in [1.29, 1.82) is 0 Å². The molecule has 0 atom stereocenters. The lowest BCUT2D eigenvalue weighted by molar-refractivity contribution is -0.130. The first-order chi connectivity index (χ1) is 12.4. The molecule has 0 spiro atoms. The summed E-state index contributed by atoms with van der Waals surface area (Å²) in [5, 5.41) is 0.567. The van der Waals surface area contributed by atoms with Crippen molar-refractivity contribution in [2.24, 2.45) is 0 Å². The first kappa shape index (κ1) is 20.0. The summed E-state index contributed by atoms with van der Waals surface area (Å²) < 4.78 is 18.3. The summed E-state index contributed by atoms with van der Waals surface area (Å²) in [5.41, 5.74) is 0.984. The third kappa shape index (κ3) is 5.59. The zero-order chi connectivity index (χ0) is 19.1. The van der Waals surface area contributed by atoms with Crippen LogP contribution < -0.4 is 10.3 Å². The van der Waals surface area contributed by atoms with E-state index in [-0.39, 0.29) is 23.7 Å². The summed E-state index contributed by atoms with van der Waals surface area (Å²) in [4.78, 5) is 32.9. The van der Waals surface area contributed by atoms with Gasteiger partial charge in [0.25, 0.3) is 5.56 Å². The average Bonchev–Trinajstić information content (AvgIpc) is 2.62. The number of nitrogens with zero attached hydrogens (tertiary/aromatic N) is 2. The molecular weight excluding hydrogens is 357 g/mol. The minimum atomic E-state index is -0.324. The number of hydrogen-bond donors (Lipinski definition) is 1. The largest absolute Gasteiger partial charge is 0.492 e. The highest BCUT2D eigenvalue weighted by Crippen LogP contribution is 2.12. The van der Waals surface area contributed by atoms with Gasteiger partial charge in [-0.25, -0.2) is 9.37 Å². The number of carbonyl (C=O) groups excluding carboxylic acids is 1. The summed E-state index contributed by atoms with van der Waals surface area (Å²) in [6.07, 6.45) is 2.39. The molecule has 1 N–H and O–H groups in total. The number of hydrogen-bond acceptors (Lipinski definition) is 5. The van der Waals surface area contributed by atoms with Gasteiger partial charge in [0.1, 0.15) is 18.2 Å². The van der Waals surface area contributed by atoms with Crippen LogP contribution in [0.1, 0.15) is 17.7 Å². The van der Waals surface area contributed by atoms with Crippen molar-refractivity contribution in [1.82, 2.24) is 14.9 Å². The molecule has 0 saturated heterocycles. The van der Waals surface area contributed by atoms with Gasteiger partial charge in [0, 0.05) is 24.7 Å². The summed E-state index contributed by atoms with van der Waals surface area (Å²) in [6.45, 7) is 2.47. The lowest BCUT2D eigenvalue weighted by Crippen LogP contribution is -2.31. The molecule has 0 bridgehead atoms. The second kappa shape index (κ2) is 9.38. The van der Waals surface area contributed by atoms with Crippen LogP contribution in [-0.2, 0) is 11.2 Å². The molecule has 1 heterocycles. The van der Waals surface area contributed by atoms with Crippen LogP contribution in [0.4, 0.5) is 4.39 Å². The van der Waals surface area contributed by atoms with Crippen molar-refractivity contribution in [3.8, 4) is 5.75 Å². The van der Waals surface area contributed by atoms with Gasteiger partial charge < -0.3 is 14.6 Å². The van der Waals surface area contributed by atoms with Gasteiger partial charge in [-0.2, -0.15) is 0 Å². The molecule has 1 aromatic carbocycles. The number of aromatic amines is 1. The fourth-order valence-corrected chi connectivity index (χ4v) is 2.78. The molecule has 1 aromatic heterocycles. The fraction of sp³-hybridized carbons (Fsp3) is 0.389. The second-order valence-electron chi connectivity index (χ2n) is 5.76.